The third-order valence-corrected chi connectivity index (χ3v) is 3.73. The first-order valence-electron chi connectivity index (χ1n) is 6.86. The third kappa shape index (κ3) is 3.42. The third-order valence-electron chi connectivity index (χ3n) is 3.73. The SMILES string of the molecule is CC(C)C[C@H](N)C(=O)N1CCN(C2CC2)CC1. The van der Waals surface area contributed by atoms with E-state index in [0.29, 0.717) is 5.92 Å². The molecule has 4 heteroatoms. The fourth-order valence-electron chi connectivity index (χ4n) is 2.59. The second kappa shape index (κ2) is 5.36. The van der Waals surface area contributed by atoms with Crippen LogP contribution in [0, 0.1) is 5.92 Å². The van der Waals surface area contributed by atoms with Crippen LogP contribution < -0.4 is 5.73 Å². The molecule has 1 amide bonds. The van der Waals surface area contributed by atoms with E-state index in [4.69, 9.17) is 5.73 Å². The Bertz CT molecular complexity index is 268. The van der Waals surface area contributed by atoms with Crippen molar-refractivity contribution in [3.8, 4) is 0 Å². The number of carbonyl (C=O) groups is 1. The summed E-state index contributed by atoms with van der Waals surface area (Å²) in [7, 11) is 0. The van der Waals surface area contributed by atoms with Crippen LogP contribution in [0.15, 0.2) is 0 Å². The number of piperazine rings is 1. The van der Waals surface area contributed by atoms with E-state index in [1.165, 1.54) is 12.8 Å². The molecular formula is C13H25N3O. The van der Waals surface area contributed by atoms with Crippen molar-refractivity contribution >= 4 is 5.91 Å². The van der Waals surface area contributed by atoms with Gasteiger partial charge in [0.05, 0.1) is 6.04 Å². The lowest BCUT2D eigenvalue weighted by molar-refractivity contribution is -0.134. The van der Waals surface area contributed by atoms with Gasteiger partial charge >= 0.3 is 0 Å². The Hall–Kier alpha value is -0.610. The van der Waals surface area contributed by atoms with E-state index in [2.05, 4.69) is 18.7 Å². The monoisotopic (exact) mass is 239 g/mol. The second-order valence-corrected chi connectivity index (χ2v) is 5.83. The Morgan fingerprint density at radius 1 is 1.24 bits per heavy atom. The van der Waals surface area contributed by atoms with Crippen molar-refractivity contribution in [3.05, 3.63) is 0 Å². The Labute approximate surface area is 104 Å². The van der Waals surface area contributed by atoms with Crippen molar-refractivity contribution < 1.29 is 4.79 Å². The van der Waals surface area contributed by atoms with Crippen LogP contribution in [0.1, 0.15) is 33.1 Å². The van der Waals surface area contributed by atoms with Gasteiger partial charge in [-0.2, -0.15) is 0 Å². The Morgan fingerprint density at radius 3 is 2.29 bits per heavy atom. The number of hydrogen-bond donors (Lipinski definition) is 1. The molecule has 1 heterocycles. The number of hydrogen-bond acceptors (Lipinski definition) is 3. The van der Waals surface area contributed by atoms with E-state index < -0.39 is 0 Å². The van der Waals surface area contributed by atoms with Gasteiger partial charge in [0.2, 0.25) is 5.91 Å². The molecule has 0 aromatic rings. The number of nitrogens with zero attached hydrogens (tertiary/aromatic N) is 2. The number of carbonyl (C=O) groups excluding carboxylic acids is 1. The Kier molecular flexibility index (Phi) is 4.05. The zero-order valence-corrected chi connectivity index (χ0v) is 11.1. The number of rotatable bonds is 4. The second-order valence-electron chi connectivity index (χ2n) is 5.83. The van der Waals surface area contributed by atoms with Gasteiger partial charge in [0.1, 0.15) is 0 Å². The van der Waals surface area contributed by atoms with Crippen molar-refractivity contribution in [2.45, 2.75) is 45.2 Å². The van der Waals surface area contributed by atoms with E-state index in [-0.39, 0.29) is 11.9 Å². The highest BCUT2D eigenvalue weighted by atomic mass is 16.2. The highest BCUT2D eigenvalue weighted by molar-refractivity contribution is 5.81. The van der Waals surface area contributed by atoms with E-state index >= 15 is 0 Å². The molecule has 4 nitrogen and oxygen atoms in total. The summed E-state index contributed by atoms with van der Waals surface area (Å²) in [5, 5.41) is 0. The summed E-state index contributed by atoms with van der Waals surface area (Å²) in [5.41, 5.74) is 5.95. The molecule has 0 spiro atoms. The maximum atomic E-state index is 12.1. The van der Waals surface area contributed by atoms with Crippen molar-refractivity contribution in [1.29, 1.82) is 0 Å². The molecule has 98 valence electrons. The Balaban J connectivity index is 1.76. The first kappa shape index (κ1) is 12.8. The molecule has 0 aromatic carbocycles. The fourth-order valence-corrected chi connectivity index (χ4v) is 2.59. The first-order valence-corrected chi connectivity index (χ1v) is 6.86. The van der Waals surface area contributed by atoms with Crippen LogP contribution in [0.5, 0.6) is 0 Å². The van der Waals surface area contributed by atoms with E-state index in [9.17, 15) is 4.79 Å². The highest BCUT2D eigenvalue weighted by Gasteiger charge is 2.33. The minimum atomic E-state index is -0.303. The smallest absolute Gasteiger partial charge is 0.239 e. The van der Waals surface area contributed by atoms with Gasteiger partial charge in [-0.05, 0) is 25.2 Å². The summed E-state index contributed by atoms with van der Waals surface area (Å²) >= 11 is 0. The van der Waals surface area contributed by atoms with Gasteiger partial charge < -0.3 is 10.6 Å². The molecule has 0 unspecified atom stereocenters. The Morgan fingerprint density at radius 2 is 1.82 bits per heavy atom. The molecular weight excluding hydrogens is 214 g/mol. The van der Waals surface area contributed by atoms with Gasteiger partial charge in [-0.15, -0.1) is 0 Å². The van der Waals surface area contributed by atoms with E-state index in [0.717, 1.165) is 38.6 Å². The molecule has 1 aliphatic heterocycles. The van der Waals surface area contributed by atoms with Gasteiger partial charge in [0, 0.05) is 32.2 Å². The van der Waals surface area contributed by atoms with Crippen LogP contribution in [0.4, 0.5) is 0 Å². The molecule has 0 radical (unpaired) electrons. The lowest BCUT2D eigenvalue weighted by Gasteiger charge is -2.36. The maximum absolute atomic E-state index is 12.1. The molecule has 1 saturated carbocycles. The van der Waals surface area contributed by atoms with Gasteiger partial charge in [-0.1, -0.05) is 13.8 Å². The zero-order chi connectivity index (χ0) is 12.4. The minimum Gasteiger partial charge on any atom is -0.339 e. The molecule has 0 aromatic heterocycles. The molecule has 1 saturated heterocycles. The maximum Gasteiger partial charge on any atom is 0.239 e. The summed E-state index contributed by atoms with van der Waals surface area (Å²) < 4.78 is 0. The molecule has 2 aliphatic rings. The van der Waals surface area contributed by atoms with Gasteiger partial charge in [-0.25, -0.2) is 0 Å². The summed E-state index contributed by atoms with van der Waals surface area (Å²) in [6.45, 7) is 8.01. The highest BCUT2D eigenvalue weighted by Crippen LogP contribution is 2.27. The van der Waals surface area contributed by atoms with Crippen molar-refractivity contribution in [3.63, 3.8) is 0 Å². The normalized spacial score (nSPS) is 24.1. The topological polar surface area (TPSA) is 49.6 Å². The minimum absolute atomic E-state index is 0.147. The summed E-state index contributed by atoms with van der Waals surface area (Å²) in [4.78, 5) is 16.6. The summed E-state index contributed by atoms with van der Waals surface area (Å²) in [6, 6.07) is 0.513. The van der Waals surface area contributed by atoms with Gasteiger partial charge in [-0.3, -0.25) is 9.69 Å². The van der Waals surface area contributed by atoms with Crippen LogP contribution >= 0.6 is 0 Å². The molecule has 0 bridgehead atoms. The zero-order valence-electron chi connectivity index (χ0n) is 11.1. The van der Waals surface area contributed by atoms with E-state index in [1.54, 1.807) is 0 Å². The quantitative estimate of drug-likeness (QED) is 0.784. The fraction of sp³-hybridized carbons (Fsp3) is 0.923. The van der Waals surface area contributed by atoms with Crippen LogP contribution in [0.25, 0.3) is 0 Å². The van der Waals surface area contributed by atoms with Crippen LogP contribution in [0.2, 0.25) is 0 Å². The molecule has 2 N–H and O–H groups in total. The van der Waals surface area contributed by atoms with E-state index in [1.807, 2.05) is 4.90 Å². The summed E-state index contributed by atoms with van der Waals surface area (Å²) in [5.74, 6) is 0.635. The van der Waals surface area contributed by atoms with Gasteiger partial charge in [0.15, 0.2) is 0 Å². The average molecular weight is 239 g/mol. The molecule has 2 fully saturated rings. The molecule has 1 atom stereocenters. The standard InChI is InChI=1S/C13H25N3O/c1-10(2)9-12(14)13(17)16-7-5-15(6-8-16)11-3-4-11/h10-12H,3-9,14H2,1-2H3/t12-/m0/s1. The molecule has 2 rings (SSSR count). The largest absolute Gasteiger partial charge is 0.339 e. The average Bonchev–Trinajstić information content (AvgIpc) is 3.11. The lowest BCUT2D eigenvalue weighted by Crippen LogP contribution is -2.53. The predicted molar refractivity (Wildman–Crippen MR) is 68.6 cm³/mol. The lowest BCUT2D eigenvalue weighted by atomic mass is 10.0. The summed E-state index contributed by atoms with van der Waals surface area (Å²) in [6.07, 6.45) is 3.49. The predicted octanol–water partition coefficient (Wildman–Crippen LogP) is 0.666. The number of amides is 1. The van der Waals surface area contributed by atoms with Gasteiger partial charge in [0.25, 0.3) is 0 Å². The van der Waals surface area contributed by atoms with Crippen LogP contribution in [-0.4, -0.2) is 54.0 Å². The van der Waals surface area contributed by atoms with Crippen LogP contribution in [-0.2, 0) is 4.79 Å². The molecule has 17 heavy (non-hydrogen) atoms. The first-order chi connectivity index (χ1) is 8.08. The van der Waals surface area contributed by atoms with Crippen molar-refractivity contribution in [1.82, 2.24) is 9.80 Å². The van der Waals surface area contributed by atoms with Crippen molar-refractivity contribution in [2.75, 3.05) is 26.2 Å². The number of nitrogens with two attached hydrogens (primary N) is 1. The van der Waals surface area contributed by atoms with Crippen LogP contribution in [0.3, 0.4) is 0 Å². The van der Waals surface area contributed by atoms with Crippen molar-refractivity contribution in [2.24, 2.45) is 11.7 Å². The molecule has 1 aliphatic carbocycles.